The summed E-state index contributed by atoms with van der Waals surface area (Å²) in [6.07, 6.45) is 3.51. The molecule has 6 nitrogen and oxygen atoms in total. The first-order valence-electron chi connectivity index (χ1n) is 10.6. The van der Waals surface area contributed by atoms with E-state index in [1.165, 1.54) is 0 Å². The molecule has 0 saturated carbocycles. The fourth-order valence-electron chi connectivity index (χ4n) is 4.43. The second-order valence-corrected chi connectivity index (χ2v) is 8.19. The lowest BCUT2D eigenvalue weighted by molar-refractivity contribution is 0.104. The van der Waals surface area contributed by atoms with Gasteiger partial charge in [0.05, 0.1) is 50.2 Å². The van der Waals surface area contributed by atoms with Gasteiger partial charge < -0.3 is 18.3 Å². The van der Waals surface area contributed by atoms with Crippen molar-refractivity contribution in [2.75, 3.05) is 0 Å². The number of nitrogens with zero attached hydrogens (tertiary/aromatic N) is 2. The normalized spacial score (nSPS) is 14.8. The third kappa shape index (κ3) is 2.88. The van der Waals surface area contributed by atoms with Gasteiger partial charge in [0.2, 0.25) is 0 Å². The van der Waals surface area contributed by atoms with Gasteiger partial charge in [-0.1, -0.05) is 12.1 Å². The summed E-state index contributed by atoms with van der Waals surface area (Å²) in [6.45, 7) is 1.81. The number of hydrogen-bond acceptors (Lipinski definition) is 6. The molecule has 0 unspecified atom stereocenters. The molecule has 7 rings (SSSR count). The molecule has 0 spiro atoms. The summed E-state index contributed by atoms with van der Waals surface area (Å²) in [5.74, 6) is 0. The monoisotopic (exact) mass is 422 g/mol. The number of pyridine rings is 2. The lowest BCUT2D eigenvalue weighted by Crippen LogP contribution is -1.97. The summed E-state index contributed by atoms with van der Waals surface area (Å²) in [6, 6.07) is 16.4. The van der Waals surface area contributed by atoms with Crippen molar-refractivity contribution in [3.8, 4) is 0 Å². The van der Waals surface area contributed by atoms with Crippen LogP contribution in [0.4, 0.5) is 0 Å². The average molecular weight is 422 g/mol. The van der Waals surface area contributed by atoms with E-state index in [-0.39, 0.29) is 0 Å². The van der Waals surface area contributed by atoms with Crippen molar-refractivity contribution in [1.82, 2.24) is 9.97 Å². The Morgan fingerprint density at radius 3 is 1.50 bits per heavy atom. The molecular weight excluding hydrogens is 404 g/mol. The zero-order chi connectivity index (χ0) is 21.1. The minimum Gasteiger partial charge on any atom is -0.456 e. The highest BCUT2D eigenvalue weighted by Crippen LogP contribution is 2.32. The second-order valence-electron chi connectivity index (χ2n) is 8.19. The molecule has 1 aliphatic heterocycles. The van der Waals surface area contributed by atoms with E-state index in [4.69, 9.17) is 18.3 Å². The third-order valence-corrected chi connectivity index (χ3v) is 5.99. The molecule has 0 fully saturated rings. The molecule has 0 atom stereocenters. The smallest absolute Gasteiger partial charge is 0.153 e. The van der Waals surface area contributed by atoms with Gasteiger partial charge in [0, 0.05) is 21.5 Å². The molecular formula is C26H18N2O4. The molecule has 1 aliphatic rings. The molecule has 0 N–H and O–H groups in total. The molecule has 0 radical (unpaired) electrons. The maximum atomic E-state index is 6.02. The number of furan rings is 2. The maximum Gasteiger partial charge on any atom is 0.153 e. The van der Waals surface area contributed by atoms with Crippen molar-refractivity contribution in [2.24, 2.45) is 0 Å². The van der Waals surface area contributed by atoms with Gasteiger partial charge in [0.25, 0.3) is 0 Å². The molecule has 156 valence electrons. The van der Waals surface area contributed by atoms with Crippen molar-refractivity contribution in [2.45, 2.75) is 26.4 Å². The Morgan fingerprint density at radius 1 is 0.500 bits per heavy atom. The van der Waals surface area contributed by atoms with Gasteiger partial charge in [0.1, 0.15) is 11.2 Å². The molecule has 6 heteroatoms. The molecule has 6 aromatic rings. The SMILES string of the molecule is c1cc2oc3ccc4cc3c2cc1COCc1cc2c(cn1)oc1cnc(cc12)COC4. The maximum absolute atomic E-state index is 6.02. The van der Waals surface area contributed by atoms with E-state index in [2.05, 4.69) is 22.1 Å². The van der Waals surface area contributed by atoms with Crippen molar-refractivity contribution in [1.29, 1.82) is 0 Å². The number of rotatable bonds is 0. The molecule has 8 bridgehead atoms. The first kappa shape index (κ1) is 17.9. The molecule has 0 amide bonds. The zero-order valence-electron chi connectivity index (χ0n) is 17.1. The van der Waals surface area contributed by atoms with Crippen molar-refractivity contribution in [3.63, 3.8) is 0 Å². The first-order valence-corrected chi connectivity index (χ1v) is 10.6. The van der Waals surface area contributed by atoms with Crippen LogP contribution in [0.5, 0.6) is 0 Å². The van der Waals surface area contributed by atoms with Gasteiger partial charge in [-0.2, -0.15) is 0 Å². The first-order chi connectivity index (χ1) is 15.8. The third-order valence-electron chi connectivity index (χ3n) is 5.99. The highest BCUT2D eigenvalue weighted by Gasteiger charge is 2.13. The van der Waals surface area contributed by atoms with Gasteiger partial charge in [-0.25, -0.2) is 0 Å². The van der Waals surface area contributed by atoms with Crippen LogP contribution in [0.25, 0.3) is 43.9 Å². The van der Waals surface area contributed by atoms with Crippen LogP contribution in [0.15, 0.2) is 69.8 Å². The molecule has 32 heavy (non-hydrogen) atoms. The summed E-state index contributed by atoms with van der Waals surface area (Å²) < 4.78 is 23.9. The summed E-state index contributed by atoms with van der Waals surface area (Å²) in [4.78, 5) is 9.01. The summed E-state index contributed by atoms with van der Waals surface area (Å²) >= 11 is 0. The van der Waals surface area contributed by atoms with Gasteiger partial charge in [-0.15, -0.1) is 0 Å². The Morgan fingerprint density at radius 2 is 0.969 bits per heavy atom. The largest absolute Gasteiger partial charge is 0.456 e. The Balaban J connectivity index is 1.35. The number of ether oxygens (including phenoxy) is 2. The van der Waals surface area contributed by atoms with E-state index < -0.39 is 0 Å². The van der Waals surface area contributed by atoms with E-state index >= 15 is 0 Å². The van der Waals surface area contributed by atoms with Crippen molar-refractivity contribution >= 4 is 43.9 Å². The molecule has 0 saturated heterocycles. The van der Waals surface area contributed by atoms with E-state index in [9.17, 15) is 0 Å². The number of hydrogen-bond donors (Lipinski definition) is 0. The van der Waals surface area contributed by atoms with Crippen LogP contribution < -0.4 is 0 Å². The van der Waals surface area contributed by atoms with Gasteiger partial charge >= 0.3 is 0 Å². The molecule has 5 heterocycles. The summed E-state index contributed by atoms with van der Waals surface area (Å²) in [7, 11) is 0. The van der Waals surface area contributed by atoms with Crippen molar-refractivity contribution in [3.05, 3.63) is 83.4 Å². The predicted octanol–water partition coefficient (Wildman–Crippen LogP) is 6.02. The standard InChI is InChI=1S/C26H18N2O4/c1-3-23-19-5-15(1)11-29-13-17-7-21-22-8-18(28-10-26(22)32-25(21)9-27-17)14-30-12-16-2-4-24(31-23)20(19)6-16/h1-10H,11-14H2. The Kier molecular flexibility index (Phi) is 3.85. The minimum atomic E-state index is 0.415. The van der Waals surface area contributed by atoms with Crippen LogP contribution in [0.2, 0.25) is 0 Å². The Hall–Kier alpha value is -3.74. The predicted molar refractivity (Wildman–Crippen MR) is 120 cm³/mol. The average Bonchev–Trinajstić information content (AvgIpc) is 3.36. The molecule has 2 aromatic carbocycles. The second kappa shape index (κ2) is 6.88. The Bertz CT molecular complexity index is 1410. The fraction of sp³-hybridized carbons (Fsp3) is 0.154. The van der Waals surface area contributed by atoms with Crippen LogP contribution in [-0.2, 0) is 35.9 Å². The topological polar surface area (TPSA) is 70.5 Å². The summed E-state index contributed by atoms with van der Waals surface area (Å²) in [5.41, 5.74) is 7.11. The van der Waals surface area contributed by atoms with E-state index in [1.807, 2.05) is 36.4 Å². The van der Waals surface area contributed by atoms with Gasteiger partial charge in [-0.05, 0) is 47.5 Å². The summed E-state index contributed by atoms with van der Waals surface area (Å²) in [5, 5.41) is 4.18. The van der Waals surface area contributed by atoms with Gasteiger partial charge in [-0.3, -0.25) is 9.97 Å². The number of fused-ring (bicyclic) bond motifs is 4. The van der Waals surface area contributed by atoms with Crippen LogP contribution in [0, 0.1) is 0 Å². The highest BCUT2D eigenvalue weighted by atomic mass is 16.5. The van der Waals surface area contributed by atoms with E-state index in [1.54, 1.807) is 12.4 Å². The van der Waals surface area contributed by atoms with Crippen molar-refractivity contribution < 1.29 is 18.3 Å². The van der Waals surface area contributed by atoms with Gasteiger partial charge in [0.15, 0.2) is 11.2 Å². The van der Waals surface area contributed by atoms with Crippen LogP contribution in [-0.4, -0.2) is 9.97 Å². The van der Waals surface area contributed by atoms with Crippen LogP contribution >= 0.6 is 0 Å². The quantitative estimate of drug-likeness (QED) is 0.298. The van der Waals surface area contributed by atoms with E-state index in [0.717, 1.165) is 66.4 Å². The Labute approximate surface area is 182 Å². The minimum absolute atomic E-state index is 0.415. The molecule has 0 aliphatic carbocycles. The lowest BCUT2D eigenvalue weighted by atomic mass is 10.1. The van der Waals surface area contributed by atoms with Crippen LogP contribution in [0.3, 0.4) is 0 Å². The number of aromatic nitrogens is 2. The highest BCUT2D eigenvalue weighted by molar-refractivity contribution is 6.05. The number of benzene rings is 2. The van der Waals surface area contributed by atoms with E-state index in [0.29, 0.717) is 26.4 Å². The lowest BCUT2D eigenvalue weighted by Gasteiger charge is -2.06. The molecule has 4 aromatic heterocycles. The van der Waals surface area contributed by atoms with Crippen LogP contribution in [0.1, 0.15) is 22.5 Å². The zero-order valence-corrected chi connectivity index (χ0v) is 17.1. The fourth-order valence-corrected chi connectivity index (χ4v) is 4.43.